The maximum absolute atomic E-state index is 15.2. The SMILES string of the molecule is CN(C)C1CCC(Nc2ncc3c(n2)C2(CNC2)C(=O)N(c2ccc(NS(=O)(=O)Cc4ccc(F)cc4)c(F)c2)C3)CC1. The number of benzene rings is 2. The minimum Gasteiger partial charge on any atom is -0.351 e. The topological polar surface area (TPSA) is 120 Å². The highest BCUT2D eigenvalue weighted by Crippen LogP contribution is 2.40. The minimum absolute atomic E-state index is 0.166. The summed E-state index contributed by atoms with van der Waals surface area (Å²) in [4.78, 5) is 27.1. The lowest BCUT2D eigenvalue weighted by molar-refractivity contribution is -0.127. The Morgan fingerprint density at radius 3 is 2.42 bits per heavy atom. The Bertz CT molecular complexity index is 1620. The quantitative estimate of drug-likeness (QED) is 0.355. The van der Waals surface area contributed by atoms with Crippen LogP contribution in [0, 0.1) is 11.6 Å². The fourth-order valence-corrected chi connectivity index (χ4v) is 7.39. The maximum Gasteiger partial charge on any atom is 0.242 e. The summed E-state index contributed by atoms with van der Waals surface area (Å²) in [5, 5.41) is 6.67. The van der Waals surface area contributed by atoms with Crippen LogP contribution in [-0.4, -0.2) is 68.5 Å². The van der Waals surface area contributed by atoms with Gasteiger partial charge in [-0.25, -0.2) is 27.2 Å². The molecule has 6 rings (SSSR count). The van der Waals surface area contributed by atoms with Crippen molar-refractivity contribution < 1.29 is 22.0 Å². The lowest BCUT2D eigenvalue weighted by atomic mass is 9.73. The van der Waals surface area contributed by atoms with Gasteiger partial charge in [0.1, 0.15) is 17.0 Å². The first-order valence-corrected chi connectivity index (χ1v) is 16.0. The zero-order chi connectivity index (χ0) is 30.4. The predicted molar refractivity (Wildman–Crippen MR) is 160 cm³/mol. The summed E-state index contributed by atoms with van der Waals surface area (Å²) < 4.78 is 55.9. The molecule has 0 radical (unpaired) electrons. The number of nitrogens with one attached hydrogen (secondary N) is 3. The van der Waals surface area contributed by atoms with E-state index in [4.69, 9.17) is 4.98 Å². The van der Waals surface area contributed by atoms with Crippen molar-refractivity contribution in [2.24, 2.45) is 0 Å². The molecule has 2 aliphatic heterocycles. The minimum atomic E-state index is -3.97. The number of aromatic nitrogens is 2. The van der Waals surface area contributed by atoms with Gasteiger partial charge in [-0.1, -0.05) is 12.1 Å². The second-order valence-corrected chi connectivity index (χ2v) is 13.6. The zero-order valence-corrected chi connectivity index (χ0v) is 24.9. The molecule has 0 atom stereocenters. The lowest BCUT2D eigenvalue weighted by Crippen LogP contribution is -2.68. The smallest absolute Gasteiger partial charge is 0.242 e. The highest BCUT2D eigenvalue weighted by atomic mass is 32.2. The fraction of sp³-hybridized carbons (Fsp3) is 0.433. The molecule has 0 unspecified atom stereocenters. The third-order valence-electron chi connectivity index (χ3n) is 8.71. The molecular formula is C30H35F2N7O3S. The largest absolute Gasteiger partial charge is 0.351 e. The van der Waals surface area contributed by atoms with Crippen molar-refractivity contribution >= 4 is 33.3 Å². The van der Waals surface area contributed by atoms with Crippen LogP contribution in [0.25, 0.3) is 0 Å². The third kappa shape index (κ3) is 5.93. The van der Waals surface area contributed by atoms with Crippen LogP contribution in [0.1, 0.15) is 42.5 Å². The van der Waals surface area contributed by atoms with Gasteiger partial charge in [0, 0.05) is 42.6 Å². The molecule has 10 nitrogen and oxygen atoms in total. The van der Waals surface area contributed by atoms with E-state index in [0.717, 1.165) is 49.4 Å². The fourth-order valence-electron chi connectivity index (χ4n) is 6.19. The monoisotopic (exact) mass is 611 g/mol. The standard InChI is InChI=1S/C30H35F2N7O3S/c1-38(2)23-9-7-22(8-10-23)35-29-34-14-20-15-39(28(40)30(17-33-18-30)27(20)36-29)24-11-12-26(25(32)13-24)37-43(41,42)16-19-3-5-21(31)6-4-19/h3-6,11-14,22-23,33,37H,7-10,15-18H2,1-2H3,(H,34,35,36). The molecule has 228 valence electrons. The van der Waals surface area contributed by atoms with Crippen LogP contribution in [0.3, 0.4) is 0 Å². The summed E-state index contributed by atoms with van der Waals surface area (Å²) in [5.74, 6) is -1.42. The van der Waals surface area contributed by atoms with E-state index in [0.29, 0.717) is 42.0 Å². The van der Waals surface area contributed by atoms with Crippen molar-refractivity contribution in [3.05, 3.63) is 77.1 Å². The summed E-state index contributed by atoms with van der Waals surface area (Å²) in [6, 6.07) is 9.87. The third-order valence-corrected chi connectivity index (χ3v) is 9.96. The van der Waals surface area contributed by atoms with E-state index in [-0.39, 0.29) is 24.2 Å². The molecule has 43 heavy (non-hydrogen) atoms. The van der Waals surface area contributed by atoms with Crippen molar-refractivity contribution in [2.45, 2.75) is 55.5 Å². The molecule has 1 saturated carbocycles. The van der Waals surface area contributed by atoms with Gasteiger partial charge in [0.2, 0.25) is 21.9 Å². The number of anilines is 3. The molecule has 3 aromatic rings. The molecule has 3 N–H and O–H groups in total. The summed E-state index contributed by atoms with van der Waals surface area (Å²) in [6.07, 6.45) is 5.98. The van der Waals surface area contributed by atoms with Gasteiger partial charge in [0.15, 0.2) is 0 Å². The van der Waals surface area contributed by atoms with Crippen LogP contribution in [0.15, 0.2) is 48.7 Å². The first-order chi connectivity index (χ1) is 20.5. The first kappa shape index (κ1) is 29.4. The zero-order valence-electron chi connectivity index (χ0n) is 24.1. The maximum atomic E-state index is 15.2. The molecule has 2 aromatic carbocycles. The average molecular weight is 612 g/mol. The van der Waals surface area contributed by atoms with E-state index < -0.39 is 32.8 Å². The van der Waals surface area contributed by atoms with Gasteiger partial charge >= 0.3 is 0 Å². The summed E-state index contributed by atoms with van der Waals surface area (Å²) >= 11 is 0. The Hall–Kier alpha value is -3.68. The molecule has 1 aliphatic carbocycles. The Morgan fingerprint density at radius 1 is 1.07 bits per heavy atom. The molecule has 1 spiro atoms. The van der Waals surface area contributed by atoms with Crippen LogP contribution < -0.4 is 20.3 Å². The van der Waals surface area contributed by atoms with Gasteiger partial charge in [-0.05, 0) is 75.7 Å². The normalized spacial score (nSPS) is 21.4. The highest BCUT2D eigenvalue weighted by molar-refractivity contribution is 7.91. The molecule has 3 aliphatic rings. The molecule has 0 bridgehead atoms. The average Bonchev–Trinajstić information content (AvgIpc) is 2.94. The number of nitrogens with zero attached hydrogens (tertiary/aromatic N) is 4. The van der Waals surface area contributed by atoms with Crippen LogP contribution in [0.5, 0.6) is 0 Å². The van der Waals surface area contributed by atoms with Crippen molar-refractivity contribution in [2.75, 3.05) is 42.1 Å². The Kier molecular flexibility index (Phi) is 7.82. The van der Waals surface area contributed by atoms with Gasteiger partial charge < -0.3 is 20.4 Å². The molecule has 1 saturated heterocycles. The number of halogens is 2. The van der Waals surface area contributed by atoms with Crippen molar-refractivity contribution in [1.82, 2.24) is 20.2 Å². The number of sulfonamides is 1. The summed E-state index contributed by atoms with van der Waals surface area (Å²) in [6.45, 7) is 0.978. The van der Waals surface area contributed by atoms with Crippen molar-refractivity contribution in [1.29, 1.82) is 0 Å². The number of hydrogen-bond acceptors (Lipinski definition) is 8. The van der Waals surface area contributed by atoms with Gasteiger partial charge in [-0.3, -0.25) is 9.52 Å². The van der Waals surface area contributed by atoms with E-state index in [9.17, 15) is 17.6 Å². The number of hydrogen-bond donors (Lipinski definition) is 3. The van der Waals surface area contributed by atoms with Gasteiger partial charge in [0.05, 0.1) is 23.7 Å². The number of rotatable bonds is 8. The van der Waals surface area contributed by atoms with Crippen LogP contribution in [0.2, 0.25) is 0 Å². The van der Waals surface area contributed by atoms with Crippen LogP contribution in [0.4, 0.5) is 26.1 Å². The summed E-state index contributed by atoms with van der Waals surface area (Å²) in [5.41, 5.74) is 1.02. The highest BCUT2D eigenvalue weighted by Gasteiger charge is 2.53. The van der Waals surface area contributed by atoms with Crippen molar-refractivity contribution in [3.8, 4) is 0 Å². The van der Waals surface area contributed by atoms with E-state index in [1.807, 2.05) is 0 Å². The second kappa shape index (κ2) is 11.4. The Labute approximate surface area is 249 Å². The van der Waals surface area contributed by atoms with Gasteiger partial charge in [-0.15, -0.1) is 0 Å². The lowest BCUT2D eigenvalue weighted by Gasteiger charge is -2.47. The first-order valence-electron chi connectivity index (χ1n) is 14.4. The Balaban J connectivity index is 1.18. The van der Waals surface area contributed by atoms with E-state index in [2.05, 4.69) is 39.3 Å². The van der Waals surface area contributed by atoms with E-state index in [1.165, 1.54) is 29.2 Å². The molecule has 2 fully saturated rings. The molecular weight excluding hydrogens is 576 g/mol. The number of amides is 1. The van der Waals surface area contributed by atoms with Crippen LogP contribution in [-0.2, 0) is 32.5 Å². The molecule has 3 heterocycles. The van der Waals surface area contributed by atoms with Crippen LogP contribution >= 0.6 is 0 Å². The number of fused-ring (bicyclic) bond motifs is 2. The van der Waals surface area contributed by atoms with E-state index >= 15 is 4.39 Å². The Morgan fingerprint density at radius 2 is 1.79 bits per heavy atom. The molecule has 13 heteroatoms. The summed E-state index contributed by atoms with van der Waals surface area (Å²) in [7, 11) is 0.249. The van der Waals surface area contributed by atoms with E-state index in [1.54, 1.807) is 6.20 Å². The number of carbonyl (C=O) groups is 1. The molecule has 1 amide bonds. The number of carbonyl (C=O) groups excluding carboxylic acids is 1. The molecule has 1 aromatic heterocycles. The van der Waals surface area contributed by atoms with Crippen molar-refractivity contribution in [3.63, 3.8) is 0 Å². The second-order valence-electron chi connectivity index (χ2n) is 11.9. The van der Waals surface area contributed by atoms with Gasteiger partial charge in [-0.2, -0.15) is 0 Å². The van der Waals surface area contributed by atoms with Gasteiger partial charge in [0.25, 0.3) is 0 Å². The predicted octanol–water partition coefficient (Wildman–Crippen LogP) is 3.37.